The fourth-order valence-electron chi connectivity index (χ4n) is 1.98. The van der Waals surface area contributed by atoms with E-state index < -0.39 is 11.9 Å². The molecule has 2 aromatic rings. The first kappa shape index (κ1) is 14.1. The minimum atomic E-state index is -1.10. The number of aryl methyl sites for hydroxylation is 1. The lowest BCUT2D eigenvalue weighted by atomic mass is 10.1. The maximum Gasteiger partial charge on any atom is 0.352 e. The van der Waals surface area contributed by atoms with Crippen molar-refractivity contribution < 1.29 is 19.8 Å². The topological polar surface area (TPSA) is 90.4 Å². The van der Waals surface area contributed by atoms with E-state index in [-0.39, 0.29) is 18.5 Å². The molecular weight excluding hydrogens is 382 g/mol. The van der Waals surface area contributed by atoms with Crippen molar-refractivity contribution in [3.05, 3.63) is 32.3 Å². The van der Waals surface area contributed by atoms with Gasteiger partial charge < -0.3 is 15.2 Å². The van der Waals surface area contributed by atoms with Crippen LogP contribution in [-0.2, 0) is 11.2 Å². The summed E-state index contributed by atoms with van der Waals surface area (Å²) in [5.41, 5.74) is 1.19. The van der Waals surface area contributed by atoms with Gasteiger partial charge in [-0.3, -0.25) is 4.79 Å². The largest absolute Gasteiger partial charge is 0.481 e. The molecule has 5 nitrogen and oxygen atoms in total. The summed E-state index contributed by atoms with van der Waals surface area (Å²) < 4.78 is 1.52. The van der Waals surface area contributed by atoms with Crippen LogP contribution in [0.3, 0.4) is 0 Å². The molecule has 3 N–H and O–H groups in total. The monoisotopic (exact) mass is 389 g/mol. The highest BCUT2D eigenvalue weighted by Crippen LogP contribution is 2.33. The molecule has 0 unspecified atom stereocenters. The van der Waals surface area contributed by atoms with Gasteiger partial charge in [0.2, 0.25) is 0 Å². The molecule has 2 rings (SSSR count). The summed E-state index contributed by atoms with van der Waals surface area (Å²) in [5.74, 6) is -2.06. The van der Waals surface area contributed by atoms with Gasteiger partial charge in [0, 0.05) is 26.3 Å². The van der Waals surface area contributed by atoms with Crippen molar-refractivity contribution in [1.82, 2.24) is 4.98 Å². The normalized spacial score (nSPS) is 10.8. The standard InChI is InChI=1S/C12H9Br2NO4/c13-5-3-7(14)10-6(1-2-9(16)17)11(12(18)19)15-8(10)4-5/h3-4,15H,1-2H2,(H,16,17)(H,18,19). The molecule has 1 heterocycles. The van der Waals surface area contributed by atoms with Crippen LogP contribution < -0.4 is 0 Å². The fourth-order valence-corrected chi connectivity index (χ4v) is 3.44. The van der Waals surface area contributed by atoms with Crippen LogP contribution in [0.2, 0.25) is 0 Å². The highest BCUT2D eigenvalue weighted by atomic mass is 79.9. The summed E-state index contributed by atoms with van der Waals surface area (Å²) >= 11 is 6.70. The van der Waals surface area contributed by atoms with Crippen LogP contribution in [0, 0.1) is 0 Å². The van der Waals surface area contributed by atoms with E-state index in [2.05, 4.69) is 36.8 Å². The number of hydrogen-bond acceptors (Lipinski definition) is 2. The maximum absolute atomic E-state index is 11.2. The average molecular weight is 391 g/mol. The van der Waals surface area contributed by atoms with Gasteiger partial charge in [-0.1, -0.05) is 31.9 Å². The molecule has 0 spiro atoms. The molecule has 0 amide bonds. The second-order valence-electron chi connectivity index (χ2n) is 3.99. The summed E-state index contributed by atoms with van der Waals surface area (Å²) in [7, 11) is 0. The number of H-pyrrole nitrogens is 1. The van der Waals surface area contributed by atoms with Crippen LogP contribution in [-0.4, -0.2) is 27.1 Å². The number of aromatic carboxylic acids is 1. The van der Waals surface area contributed by atoms with E-state index in [1.54, 1.807) is 12.1 Å². The van der Waals surface area contributed by atoms with Gasteiger partial charge in [0.05, 0.1) is 0 Å². The lowest BCUT2D eigenvalue weighted by molar-refractivity contribution is -0.136. The van der Waals surface area contributed by atoms with E-state index in [1.807, 2.05) is 0 Å². The summed E-state index contributed by atoms with van der Waals surface area (Å²) in [6, 6.07) is 3.56. The van der Waals surface area contributed by atoms with Crippen LogP contribution >= 0.6 is 31.9 Å². The number of benzene rings is 1. The molecule has 1 aromatic carbocycles. The molecule has 0 aliphatic rings. The van der Waals surface area contributed by atoms with Crippen LogP contribution in [0.1, 0.15) is 22.5 Å². The van der Waals surface area contributed by atoms with Crippen molar-refractivity contribution in [3.63, 3.8) is 0 Å². The van der Waals surface area contributed by atoms with Gasteiger partial charge in [0.1, 0.15) is 5.69 Å². The number of hydrogen-bond donors (Lipinski definition) is 3. The Morgan fingerprint density at radius 3 is 2.47 bits per heavy atom. The molecular formula is C12H9Br2NO4. The third-order valence-corrected chi connectivity index (χ3v) is 3.80. The minimum absolute atomic E-state index is 0.0371. The first-order valence-electron chi connectivity index (χ1n) is 5.35. The van der Waals surface area contributed by atoms with E-state index >= 15 is 0 Å². The maximum atomic E-state index is 11.2. The first-order valence-corrected chi connectivity index (χ1v) is 6.93. The number of aromatic nitrogens is 1. The Kier molecular flexibility index (Phi) is 3.96. The number of carbonyl (C=O) groups is 2. The van der Waals surface area contributed by atoms with E-state index in [0.717, 1.165) is 8.95 Å². The van der Waals surface area contributed by atoms with E-state index in [9.17, 15) is 14.7 Å². The first-order chi connectivity index (χ1) is 8.90. The third-order valence-electron chi connectivity index (χ3n) is 2.72. The molecule has 0 saturated heterocycles. The zero-order valence-corrected chi connectivity index (χ0v) is 12.7. The Balaban J connectivity index is 2.65. The molecule has 100 valence electrons. The molecule has 0 fully saturated rings. The van der Waals surface area contributed by atoms with E-state index in [4.69, 9.17) is 5.11 Å². The summed E-state index contributed by atoms with van der Waals surface area (Å²) in [6.07, 6.45) is 0.0485. The van der Waals surface area contributed by atoms with Gasteiger partial charge in [0.15, 0.2) is 0 Å². The SMILES string of the molecule is O=C(O)CCc1c(C(=O)O)[nH]c2cc(Br)cc(Br)c12. The summed E-state index contributed by atoms with van der Waals surface area (Å²) in [5, 5.41) is 18.6. The summed E-state index contributed by atoms with van der Waals surface area (Å²) in [4.78, 5) is 24.7. The van der Waals surface area contributed by atoms with Crippen molar-refractivity contribution in [2.75, 3.05) is 0 Å². The van der Waals surface area contributed by atoms with Crippen molar-refractivity contribution in [1.29, 1.82) is 0 Å². The van der Waals surface area contributed by atoms with Crippen molar-refractivity contribution >= 4 is 54.7 Å². The predicted molar refractivity (Wildman–Crippen MR) is 76.6 cm³/mol. The molecule has 19 heavy (non-hydrogen) atoms. The Bertz CT molecular complexity index is 678. The molecule has 1 aromatic heterocycles. The van der Waals surface area contributed by atoms with Crippen LogP contribution in [0.15, 0.2) is 21.1 Å². The van der Waals surface area contributed by atoms with E-state index in [1.165, 1.54) is 0 Å². The molecule has 0 atom stereocenters. The molecule has 0 aliphatic carbocycles. The molecule has 0 radical (unpaired) electrons. The lowest BCUT2D eigenvalue weighted by Crippen LogP contribution is -2.04. The Labute approximate surface area is 124 Å². The predicted octanol–water partition coefficient (Wildman–Crippen LogP) is 3.41. The number of nitrogens with one attached hydrogen (secondary N) is 1. The highest BCUT2D eigenvalue weighted by molar-refractivity contribution is 9.11. The number of fused-ring (bicyclic) bond motifs is 1. The average Bonchev–Trinajstić information content (AvgIpc) is 2.64. The van der Waals surface area contributed by atoms with Gasteiger partial charge in [-0.2, -0.15) is 0 Å². The van der Waals surface area contributed by atoms with Crippen LogP contribution in [0.25, 0.3) is 10.9 Å². The number of rotatable bonds is 4. The lowest BCUT2D eigenvalue weighted by Gasteiger charge is -2.02. The number of aromatic amines is 1. The van der Waals surface area contributed by atoms with Crippen molar-refractivity contribution in [2.24, 2.45) is 0 Å². The Morgan fingerprint density at radius 2 is 1.89 bits per heavy atom. The van der Waals surface area contributed by atoms with Gasteiger partial charge in [0.25, 0.3) is 0 Å². The fraction of sp³-hybridized carbons (Fsp3) is 0.167. The van der Waals surface area contributed by atoms with Gasteiger partial charge in [-0.15, -0.1) is 0 Å². The number of aliphatic carboxylic acids is 1. The quantitative estimate of drug-likeness (QED) is 0.746. The molecule has 0 bridgehead atoms. The molecule has 7 heteroatoms. The third kappa shape index (κ3) is 2.82. The van der Waals surface area contributed by atoms with Gasteiger partial charge in [-0.05, 0) is 24.1 Å². The smallest absolute Gasteiger partial charge is 0.352 e. The van der Waals surface area contributed by atoms with Crippen LogP contribution in [0.5, 0.6) is 0 Å². The second kappa shape index (κ2) is 5.34. The van der Waals surface area contributed by atoms with E-state index in [0.29, 0.717) is 16.5 Å². The zero-order valence-electron chi connectivity index (χ0n) is 9.54. The summed E-state index contributed by atoms with van der Waals surface area (Å²) in [6.45, 7) is 0. The zero-order chi connectivity index (χ0) is 14.2. The number of carboxylic acid groups (broad SMARTS) is 2. The second-order valence-corrected chi connectivity index (χ2v) is 5.76. The van der Waals surface area contributed by atoms with Crippen molar-refractivity contribution in [3.8, 4) is 0 Å². The Hall–Kier alpha value is -1.34. The van der Waals surface area contributed by atoms with Crippen LogP contribution in [0.4, 0.5) is 0 Å². The van der Waals surface area contributed by atoms with Gasteiger partial charge in [-0.25, -0.2) is 4.79 Å². The minimum Gasteiger partial charge on any atom is -0.481 e. The number of halogens is 2. The highest BCUT2D eigenvalue weighted by Gasteiger charge is 2.19. The Morgan fingerprint density at radius 1 is 1.21 bits per heavy atom. The van der Waals surface area contributed by atoms with Crippen molar-refractivity contribution in [2.45, 2.75) is 12.8 Å². The van der Waals surface area contributed by atoms with Gasteiger partial charge >= 0.3 is 11.9 Å². The number of carboxylic acids is 2. The molecule has 0 saturated carbocycles. The molecule has 0 aliphatic heterocycles.